The van der Waals surface area contributed by atoms with Gasteiger partial charge in [-0.2, -0.15) is 0 Å². The molecule has 0 saturated carbocycles. The van der Waals surface area contributed by atoms with Gasteiger partial charge in [-0.1, -0.05) is 0 Å². The minimum absolute atomic E-state index is 0.108. The zero-order chi connectivity index (χ0) is 11.9. The molecule has 0 saturated heterocycles. The van der Waals surface area contributed by atoms with E-state index in [4.69, 9.17) is 9.19 Å². The summed E-state index contributed by atoms with van der Waals surface area (Å²) in [5.41, 5.74) is 0.217. The molecule has 0 spiro atoms. The van der Waals surface area contributed by atoms with E-state index in [1.54, 1.807) is 0 Å². The van der Waals surface area contributed by atoms with Crippen LogP contribution in [0.2, 0.25) is 0 Å². The molecule has 0 aliphatic rings. The summed E-state index contributed by atoms with van der Waals surface area (Å²) in [7, 11) is 6.15. The van der Waals surface area contributed by atoms with Crippen LogP contribution in [0.5, 0.6) is 0 Å². The Morgan fingerprint density at radius 1 is 0.933 bits per heavy atom. The first-order valence-corrected chi connectivity index (χ1v) is 8.78. The van der Waals surface area contributed by atoms with Crippen LogP contribution in [0.3, 0.4) is 0 Å². The van der Waals surface area contributed by atoms with Crippen LogP contribution in [0.15, 0.2) is 12.4 Å². The Labute approximate surface area is 105 Å². The summed E-state index contributed by atoms with van der Waals surface area (Å²) in [6.07, 6.45) is 4.28. The average Bonchev–Trinajstić information content (AvgIpc) is 2.43. The number of imidazole rings is 1. The van der Waals surface area contributed by atoms with Crippen molar-refractivity contribution < 1.29 is 18.2 Å². The quantitative estimate of drug-likeness (QED) is 0.577. The fourth-order valence-corrected chi connectivity index (χ4v) is 4.44. The molecule has 0 unspecified atom stereocenters. The van der Waals surface area contributed by atoms with Gasteiger partial charge >= 0.3 is 105 Å². The Bertz CT molecular complexity index is 367. The first-order chi connectivity index (χ1) is 6.68. The van der Waals surface area contributed by atoms with E-state index in [1.807, 2.05) is 0 Å². The summed E-state index contributed by atoms with van der Waals surface area (Å²) in [6.45, 7) is 13.2. The molecule has 92 valence electrons. The van der Waals surface area contributed by atoms with Gasteiger partial charge in [-0.3, -0.25) is 0 Å². The van der Waals surface area contributed by atoms with Gasteiger partial charge in [0, 0.05) is 0 Å². The Kier molecular flexibility index (Phi) is 3.77. The van der Waals surface area contributed by atoms with Gasteiger partial charge in [0.05, 0.1) is 0 Å². The fourth-order valence-electron chi connectivity index (χ4n) is 1.37. The number of halogens is 1. The van der Waals surface area contributed by atoms with Gasteiger partial charge in [0.25, 0.3) is 0 Å². The van der Waals surface area contributed by atoms with Crippen molar-refractivity contribution in [3.63, 3.8) is 0 Å². The maximum absolute atomic E-state index is 6.15. The predicted molar refractivity (Wildman–Crippen MR) is 61.5 cm³/mol. The van der Waals surface area contributed by atoms with E-state index < -0.39 is 0 Å². The van der Waals surface area contributed by atoms with Crippen molar-refractivity contribution in [2.45, 2.75) is 52.6 Å². The molecule has 1 rings (SSSR count). The number of hydrogen-bond acceptors (Lipinski definition) is 0. The van der Waals surface area contributed by atoms with Gasteiger partial charge in [0.2, 0.25) is 0 Å². The number of aromatic nitrogens is 2. The van der Waals surface area contributed by atoms with Gasteiger partial charge in [-0.15, -0.1) is 0 Å². The van der Waals surface area contributed by atoms with Crippen molar-refractivity contribution in [2.75, 3.05) is 0 Å². The molecule has 1 aromatic rings. The summed E-state index contributed by atoms with van der Waals surface area (Å²) in [5, 5.41) is 0. The molecular weight excluding hydrogens is 393 g/mol. The molecule has 2 nitrogen and oxygen atoms in total. The Balaban J connectivity index is 3.45. The molecule has 0 radical (unpaired) electrons. The third-order valence-electron chi connectivity index (χ3n) is 2.22. The first kappa shape index (κ1) is 13.3. The molecule has 0 fully saturated rings. The van der Waals surface area contributed by atoms with Crippen LogP contribution in [0, 0.1) is 3.63 Å². The maximum atomic E-state index is 6.15. The second kappa shape index (κ2) is 4.25. The summed E-state index contributed by atoms with van der Waals surface area (Å²) in [5.74, 6) is 0. The van der Waals surface area contributed by atoms with E-state index in [9.17, 15) is 0 Å². The van der Waals surface area contributed by atoms with Crippen LogP contribution in [-0.4, -0.2) is 9.13 Å². The van der Waals surface area contributed by atoms with Gasteiger partial charge in [-0.25, -0.2) is 0 Å². The Hall–Kier alpha value is 0.240. The molecule has 0 bridgehead atoms. The average molecular weight is 413 g/mol. The van der Waals surface area contributed by atoms with Crippen LogP contribution in [0.4, 0.5) is 0 Å². The predicted octanol–water partition coefficient (Wildman–Crippen LogP) is 3.57. The topological polar surface area (TPSA) is 9.86 Å². The first-order valence-electron chi connectivity index (χ1n) is 5.01. The Morgan fingerprint density at radius 3 is 1.47 bits per heavy atom. The summed E-state index contributed by atoms with van der Waals surface area (Å²) < 4.78 is 5.83. The van der Waals surface area contributed by atoms with E-state index >= 15 is 0 Å². The standard InChI is InChI=1S/C11H20N2.Au.ClH/c1-10(2,3)12-7-8-13(9-12)11(4,5)6;;/h7-8H,1-6H3;;1H/q;+1;/p-1. The molecule has 4 heteroatoms. The molecule has 1 heterocycles. The van der Waals surface area contributed by atoms with Crippen LogP contribution < -0.4 is 0 Å². The van der Waals surface area contributed by atoms with Gasteiger partial charge in [-0.05, 0) is 0 Å². The molecule has 15 heavy (non-hydrogen) atoms. The second-order valence-electron chi connectivity index (χ2n) is 5.67. The molecular formula is C11H20AuClN2. The zero-order valence-corrected chi connectivity index (χ0v) is 13.2. The van der Waals surface area contributed by atoms with Crippen LogP contribution in [0.25, 0.3) is 0 Å². The second-order valence-corrected chi connectivity index (χ2v) is 7.98. The van der Waals surface area contributed by atoms with Gasteiger partial charge < -0.3 is 0 Å². The summed E-state index contributed by atoms with van der Waals surface area (Å²) >= 11 is -0.317. The van der Waals surface area contributed by atoms with Crippen molar-refractivity contribution in [1.82, 2.24) is 9.13 Å². The molecule has 0 N–H and O–H groups in total. The van der Waals surface area contributed by atoms with Gasteiger partial charge in [0.1, 0.15) is 0 Å². The number of hydrogen-bond donors (Lipinski definition) is 0. The van der Waals surface area contributed by atoms with Crippen LogP contribution >= 0.6 is 9.19 Å². The summed E-state index contributed by atoms with van der Waals surface area (Å²) in [6, 6.07) is 0. The van der Waals surface area contributed by atoms with Crippen LogP contribution in [-0.2, 0) is 29.3 Å². The van der Waals surface area contributed by atoms with E-state index in [-0.39, 0.29) is 29.3 Å². The number of nitrogens with zero attached hydrogens (tertiary/aromatic N) is 2. The minimum atomic E-state index is -0.317. The third-order valence-corrected chi connectivity index (χ3v) is 4.47. The third kappa shape index (κ3) is 2.88. The molecule has 0 amide bonds. The molecule has 1 aromatic heterocycles. The van der Waals surface area contributed by atoms with Crippen LogP contribution in [0.1, 0.15) is 41.5 Å². The van der Waals surface area contributed by atoms with E-state index in [1.165, 1.54) is 3.63 Å². The van der Waals surface area contributed by atoms with E-state index in [2.05, 4.69) is 63.1 Å². The van der Waals surface area contributed by atoms with E-state index in [0.29, 0.717) is 0 Å². The molecule has 0 aliphatic heterocycles. The van der Waals surface area contributed by atoms with Crippen molar-refractivity contribution in [2.24, 2.45) is 0 Å². The van der Waals surface area contributed by atoms with Crippen molar-refractivity contribution >= 4 is 9.19 Å². The fraction of sp³-hybridized carbons (Fsp3) is 0.727. The molecule has 0 aliphatic carbocycles. The SMILES string of the molecule is CC(C)(C)n1ccn(C(C)(C)C)[c]1=[Au][Cl]. The number of rotatable bonds is 0. The zero-order valence-electron chi connectivity index (χ0n) is 10.2. The summed E-state index contributed by atoms with van der Waals surface area (Å²) in [4.78, 5) is 0. The van der Waals surface area contributed by atoms with Crippen molar-refractivity contribution in [1.29, 1.82) is 0 Å². The molecule has 0 aromatic carbocycles. The Morgan fingerprint density at radius 2 is 1.27 bits per heavy atom. The monoisotopic (exact) mass is 412 g/mol. The van der Waals surface area contributed by atoms with Crippen molar-refractivity contribution in [3.05, 3.63) is 16.0 Å². The van der Waals surface area contributed by atoms with E-state index in [0.717, 1.165) is 0 Å². The normalized spacial score (nSPS) is 13.5. The molecule has 0 atom stereocenters. The van der Waals surface area contributed by atoms with Gasteiger partial charge in [0.15, 0.2) is 0 Å². The van der Waals surface area contributed by atoms with Crippen molar-refractivity contribution in [3.8, 4) is 0 Å².